The summed E-state index contributed by atoms with van der Waals surface area (Å²) in [5, 5.41) is 25.8. The highest BCUT2D eigenvalue weighted by atomic mass is 16.3. The molecule has 4 unspecified atom stereocenters. The van der Waals surface area contributed by atoms with Crippen LogP contribution in [0.3, 0.4) is 0 Å². The predicted molar refractivity (Wildman–Crippen MR) is 87.8 cm³/mol. The third-order valence-electron chi connectivity index (χ3n) is 5.92. The Kier molecular flexibility index (Phi) is 3.97. The summed E-state index contributed by atoms with van der Waals surface area (Å²) in [6, 6.07) is 3.76. The van der Waals surface area contributed by atoms with Gasteiger partial charge in [-0.05, 0) is 56.9 Å². The number of nitrogens with zero attached hydrogens (tertiary/aromatic N) is 2. The molecule has 5 heteroatoms. The lowest BCUT2D eigenvalue weighted by Crippen LogP contribution is -2.39. The zero-order chi connectivity index (χ0) is 17.9. The Bertz CT molecular complexity index is 815. The van der Waals surface area contributed by atoms with Gasteiger partial charge >= 0.3 is 0 Å². The van der Waals surface area contributed by atoms with Crippen molar-refractivity contribution in [1.29, 1.82) is 0 Å². The van der Waals surface area contributed by atoms with E-state index in [-0.39, 0.29) is 0 Å². The van der Waals surface area contributed by atoms with Crippen molar-refractivity contribution in [3.05, 3.63) is 46.0 Å². The number of rotatable bonds is 2. The molecule has 130 valence electrons. The number of hydrogen-bond acceptors (Lipinski definition) is 3. The van der Waals surface area contributed by atoms with E-state index in [0.29, 0.717) is 5.56 Å². The molecular weight excluding hydrogens is 304 g/mol. The molecule has 2 heterocycles. The third-order valence-corrected chi connectivity index (χ3v) is 5.92. The van der Waals surface area contributed by atoms with Crippen LogP contribution in [-0.2, 0) is 18.9 Å². The van der Waals surface area contributed by atoms with Crippen molar-refractivity contribution in [3.8, 4) is 0 Å². The monoisotopic (exact) mass is 328 g/mol. The second-order valence-electron chi connectivity index (χ2n) is 7.06. The number of Topliss-reactive ketones (excluding diaryl/α,β-unsaturated/α-hetero) is 1. The van der Waals surface area contributed by atoms with Crippen LogP contribution in [0.1, 0.15) is 45.7 Å². The zero-order valence-electron chi connectivity index (χ0n) is 15.1. The Hall–Kier alpha value is -1.85. The Morgan fingerprint density at radius 2 is 1.33 bits per heavy atom. The minimum Gasteiger partial charge on any atom is -0.851 e. The van der Waals surface area contributed by atoms with Gasteiger partial charge in [0.2, 0.25) is 0 Å². The molecule has 0 aromatic carbocycles. The predicted octanol–water partition coefficient (Wildman–Crippen LogP) is 0.505. The summed E-state index contributed by atoms with van der Waals surface area (Å²) in [6.45, 7) is 7.67. The van der Waals surface area contributed by atoms with Crippen molar-refractivity contribution in [3.63, 3.8) is 0 Å². The molecule has 2 aromatic heterocycles. The Morgan fingerprint density at radius 3 is 1.75 bits per heavy atom. The first-order chi connectivity index (χ1) is 11.2. The number of carbonyl (C=O) groups is 1. The SMILES string of the molecule is Cc1cc(C2C(=O)C([O-])C(c3cc(C)n(C)c3C)C2[O-])c(C)n1C. The average molecular weight is 328 g/mol. The summed E-state index contributed by atoms with van der Waals surface area (Å²) in [4.78, 5) is 12.6. The van der Waals surface area contributed by atoms with E-state index in [1.54, 1.807) is 0 Å². The molecule has 0 aliphatic heterocycles. The van der Waals surface area contributed by atoms with Gasteiger partial charge in [0.05, 0.1) is 0 Å². The van der Waals surface area contributed by atoms with Gasteiger partial charge in [-0.25, -0.2) is 0 Å². The van der Waals surface area contributed by atoms with Crippen LogP contribution in [0.5, 0.6) is 0 Å². The average Bonchev–Trinajstić information content (AvgIpc) is 3.02. The number of carbonyl (C=O) groups excluding carboxylic acids is 1. The molecule has 1 aliphatic carbocycles. The first-order valence-corrected chi connectivity index (χ1v) is 8.27. The largest absolute Gasteiger partial charge is 0.851 e. The summed E-state index contributed by atoms with van der Waals surface area (Å²) >= 11 is 0. The molecule has 1 saturated carbocycles. The summed E-state index contributed by atoms with van der Waals surface area (Å²) in [6.07, 6.45) is -2.72. The fourth-order valence-electron chi connectivity index (χ4n) is 3.99. The number of aryl methyl sites for hydroxylation is 2. The molecule has 3 rings (SSSR count). The standard InChI is InChI=1S/C19H24N2O3/c1-9-7-13(11(3)20(9)5)15-17(22)16(19(24)18(15)23)14-8-10(2)21(6)12(14)4/h7-8,15-18H,1-6H3/q-2. The maximum absolute atomic E-state index is 13.1. The van der Waals surface area contributed by atoms with Gasteiger partial charge < -0.3 is 24.1 Å². The molecule has 1 fully saturated rings. The van der Waals surface area contributed by atoms with Gasteiger partial charge in [-0.3, -0.25) is 0 Å². The molecule has 24 heavy (non-hydrogen) atoms. The number of ketones is 1. The molecule has 0 bridgehead atoms. The Labute approximate surface area is 142 Å². The molecule has 0 spiro atoms. The van der Waals surface area contributed by atoms with Crippen LogP contribution in [0.4, 0.5) is 0 Å². The van der Waals surface area contributed by atoms with E-state index in [2.05, 4.69) is 0 Å². The van der Waals surface area contributed by atoms with Crippen LogP contribution in [0.25, 0.3) is 0 Å². The summed E-state index contributed by atoms with van der Waals surface area (Å²) in [5.41, 5.74) is 5.21. The van der Waals surface area contributed by atoms with Gasteiger partial charge in [-0.2, -0.15) is 0 Å². The first-order valence-electron chi connectivity index (χ1n) is 8.27. The third kappa shape index (κ3) is 2.19. The Balaban J connectivity index is 2.08. The van der Waals surface area contributed by atoms with Gasteiger partial charge in [-0.15, -0.1) is 6.10 Å². The van der Waals surface area contributed by atoms with Crippen LogP contribution >= 0.6 is 0 Å². The lowest BCUT2D eigenvalue weighted by atomic mass is 9.89. The van der Waals surface area contributed by atoms with Gasteiger partial charge in [-0.1, -0.05) is 6.10 Å². The van der Waals surface area contributed by atoms with Gasteiger partial charge in [0.1, 0.15) is 5.78 Å². The van der Waals surface area contributed by atoms with Crippen molar-refractivity contribution < 1.29 is 15.0 Å². The number of aromatic nitrogens is 2. The minimum atomic E-state index is -1.49. The summed E-state index contributed by atoms with van der Waals surface area (Å²) < 4.78 is 3.92. The number of hydrogen-bond donors (Lipinski definition) is 0. The summed E-state index contributed by atoms with van der Waals surface area (Å²) in [5.74, 6) is -2.12. The topological polar surface area (TPSA) is 73.0 Å². The highest BCUT2D eigenvalue weighted by Crippen LogP contribution is 2.42. The molecule has 0 saturated heterocycles. The van der Waals surface area contributed by atoms with Crippen molar-refractivity contribution in [2.75, 3.05) is 0 Å². The molecule has 0 N–H and O–H groups in total. The van der Waals surface area contributed by atoms with Crippen molar-refractivity contribution in [2.24, 2.45) is 14.1 Å². The Morgan fingerprint density at radius 1 is 0.875 bits per heavy atom. The molecule has 0 radical (unpaired) electrons. The van der Waals surface area contributed by atoms with Gasteiger partial charge in [0.15, 0.2) is 0 Å². The second-order valence-corrected chi connectivity index (χ2v) is 7.06. The summed E-state index contributed by atoms with van der Waals surface area (Å²) in [7, 11) is 3.82. The molecular formula is C19H24N2O3-2. The fraction of sp³-hybridized carbons (Fsp3) is 0.526. The van der Waals surface area contributed by atoms with E-state index >= 15 is 0 Å². The maximum Gasteiger partial charge on any atom is 0.126 e. The van der Waals surface area contributed by atoms with E-state index < -0.39 is 29.8 Å². The second kappa shape index (κ2) is 5.60. The quantitative estimate of drug-likeness (QED) is 0.806. The smallest absolute Gasteiger partial charge is 0.126 e. The molecule has 2 aromatic rings. The fourth-order valence-corrected chi connectivity index (χ4v) is 3.99. The molecule has 4 atom stereocenters. The maximum atomic E-state index is 13.1. The highest BCUT2D eigenvalue weighted by molar-refractivity contribution is 5.94. The van der Waals surface area contributed by atoms with Crippen LogP contribution in [-0.4, -0.2) is 27.1 Å². The molecule has 5 nitrogen and oxygen atoms in total. The van der Waals surface area contributed by atoms with E-state index in [1.165, 1.54) is 0 Å². The van der Waals surface area contributed by atoms with E-state index in [4.69, 9.17) is 0 Å². The lowest BCUT2D eigenvalue weighted by Gasteiger charge is -2.33. The van der Waals surface area contributed by atoms with Crippen molar-refractivity contribution >= 4 is 5.78 Å². The van der Waals surface area contributed by atoms with Crippen molar-refractivity contribution in [1.82, 2.24) is 9.13 Å². The van der Waals surface area contributed by atoms with Gasteiger partial charge in [0, 0.05) is 42.8 Å². The van der Waals surface area contributed by atoms with Crippen LogP contribution in [0.15, 0.2) is 12.1 Å². The highest BCUT2D eigenvalue weighted by Gasteiger charge is 2.42. The van der Waals surface area contributed by atoms with Crippen LogP contribution in [0.2, 0.25) is 0 Å². The van der Waals surface area contributed by atoms with E-state index in [0.717, 1.165) is 28.3 Å². The lowest BCUT2D eigenvalue weighted by molar-refractivity contribution is -0.451. The first kappa shape index (κ1) is 17.0. The van der Waals surface area contributed by atoms with Gasteiger partial charge in [0.25, 0.3) is 0 Å². The normalized spacial score (nSPS) is 27.2. The molecule has 1 aliphatic rings. The van der Waals surface area contributed by atoms with E-state index in [9.17, 15) is 15.0 Å². The van der Waals surface area contributed by atoms with Crippen LogP contribution in [0, 0.1) is 27.7 Å². The minimum absolute atomic E-state index is 0.463. The molecule has 0 amide bonds. The van der Waals surface area contributed by atoms with Crippen LogP contribution < -0.4 is 10.2 Å². The zero-order valence-corrected chi connectivity index (χ0v) is 15.1. The van der Waals surface area contributed by atoms with E-state index in [1.807, 2.05) is 63.1 Å². The van der Waals surface area contributed by atoms with Crippen molar-refractivity contribution in [2.45, 2.75) is 51.7 Å².